The molecule has 0 aliphatic carbocycles. The number of benzene rings is 2. The van der Waals surface area contributed by atoms with E-state index in [1.807, 2.05) is 25.1 Å². The number of aromatic amines is 1. The van der Waals surface area contributed by atoms with E-state index in [-0.39, 0.29) is 18.7 Å². The van der Waals surface area contributed by atoms with E-state index in [1.165, 1.54) is 4.90 Å². The Balaban J connectivity index is 1.57. The number of urea groups is 1. The van der Waals surface area contributed by atoms with Gasteiger partial charge in [0.25, 0.3) is 11.8 Å². The van der Waals surface area contributed by atoms with Crippen molar-refractivity contribution in [3.8, 4) is 0 Å². The maximum absolute atomic E-state index is 12.8. The zero-order chi connectivity index (χ0) is 19.8. The van der Waals surface area contributed by atoms with Crippen molar-refractivity contribution in [2.24, 2.45) is 0 Å². The van der Waals surface area contributed by atoms with E-state index in [9.17, 15) is 14.4 Å². The number of aryl methyl sites for hydroxylation is 1. The molecule has 3 aromatic rings. The van der Waals surface area contributed by atoms with E-state index in [0.29, 0.717) is 10.7 Å². The molecule has 28 heavy (non-hydrogen) atoms. The van der Waals surface area contributed by atoms with E-state index in [1.54, 1.807) is 30.3 Å². The summed E-state index contributed by atoms with van der Waals surface area (Å²) in [6.07, 6.45) is 0.113. The molecule has 2 aromatic carbocycles. The highest BCUT2D eigenvalue weighted by atomic mass is 35.5. The van der Waals surface area contributed by atoms with Crippen LogP contribution in [-0.2, 0) is 4.79 Å². The third kappa shape index (κ3) is 3.32. The topological polar surface area (TPSA) is 85.5 Å². The monoisotopic (exact) mass is 396 g/mol. The first-order chi connectivity index (χ1) is 13.4. The number of carbonyl (C=O) groups is 3. The van der Waals surface area contributed by atoms with Gasteiger partial charge < -0.3 is 4.98 Å². The number of imide groups is 1. The van der Waals surface area contributed by atoms with Gasteiger partial charge in [0.1, 0.15) is 5.69 Å². The van der Waals surface area contributed by atoms with Crippen LogP contribution < -0.4 is 10.3 Å². The molecule has 1 fully saturated rings. The maximum Gasteiger partial charge on any atom is 0.350 e. The molecule has 0 radical (unpaired) electrons. The molecule has 1 aliphatic rings. The fourth-order valence-electron chi connectivity index (χ4n) is 3.18. The number of anilines is 1. The normalized spacial score (nSPS) is 14.6. The molecule has 4 rings (SSSR count). The second kappa shape index (κ2) is 7.01. The zero-order valence-corrected chi connectivity index (χ0v) is 15.8. The van der Waals surface area contributed by atoms with Crippen molar-refractivity contribution in [1.82, 2.24) is 15.4 Å². The van der Waals surface area contributed by atoms with Crippen molar-refractivity contribution in [2.45, 2.75) is 13.3 Å². The van der Waals surface area contributed by atoms with Gasteiger partial charge in [-0.15, -0.1) is 0 Å². The molecule has 8 heteroatoms. The van der Waals surface area contributed by atoms with Crippen LogP contribution in [0.3, 0.4) is 0 Å². The molecule has 0 unspecified atom stereocenters. The van der Waals surface area contributed by atoms with Crippen LogP contribution >= 0.6 is 11.6 Å². The van der Waals surface area contributed by atoms with Crippen LogP contribution in [-0.4, -0.2) is 34.4 Å². The van der Waals surface area contributed by atoms with Crippen LogP contribution in [0.1, 0.15) is 22.5 Å². The Morgan fingerprint density at radius 2 is 1.96 bits per heavy atom. The Kier molecular flexibility index (Phi) is 4.52. The summed E-state index contributed by atoms with van der Waals surface area (Å²) in [5, 5.41) is 2.08. The van der Waals surface area contributed by atoms with Gasteiger partial charge in [-0.25, -0.2) is 4.79 Å². The molecule has 2 heterocycles. The second-order valence-corrected chi connectivity index (χ2v) is 7.04. The largest absolute Gasteiger partial charge is 0.350 e. The SMILES string of the molecule is Cc1cccc(N2CCC(=O)N(NC(=O)c3cc4cc(Cl)ccc4[nH]3)C2=O)c1. The molecule has 1 aliphatic heterocycles. The first-order valence-corrected chi connectivity index (χ1v) is 9.10. The summed E-state index contributed by atoms with van der Waals surface area (Å²) >= 11 is 5.97. The third-order valence-electron chi connectivity index (χ3n) is 4.57. The van der Waals surface area contributed by atoms with Crippen molar-refractivity contribution in [2.75, 3.05) is 11.4 Å². The number of aromatic nitrogens is 1. The Labute approximate surface area is 165 Å². The van der Waals surface area contributed by atoms with Crippen molar-refractivity contribution < 1.29 is 14.4 Å². The first-order valence-electron chi connectivity index (χ1n) is 8.73. The smallest absolute Gasteiger partial charge is 0.350 e. The summed E-state index contributed by atoms with van der Waals surface area (Å²) in [6, 6.07) is 13.6. The van der Waals surface area contributed by atoms with Crippen LogP contribution in [0.15, 0.2) is 48.5 Å². The number of amides is 4. The predicted molar refractivity (Wildman–Crippen MR) is 106 cm³/mol. The lowest BCUT2D eigenvalue weighted by atomic mass is 10.2. The number of carbonyl (C=O) groups excluding carboxylic acids is 3. The molecular weight excluding hydrogens is 380 g/mol. The summed E-state index contributed by atoms with van der Waals surface area (Å²) < 4.78 is 0. The van der Waals surface area contributed by atoms with Gasteiger partial charge in [0.05, 0.1) is 0 Å². The molecule has 142 valence electrons. The minimum atomic E-state index is -0.589. The number of H-pyrrole nitrogens is 1. The number of fused-ring (bicyclic) bond motifs is 1. The zero-order valence-electron chi connectivity index (χ0n) is 15.0. The average molecular weight is 397 g/mol. The van der Waals surface area contributed by atoms with Crippen LogP contribution in [0.2, 0.25) is 5.02 Å². The quantitative estimate of drug-likeness (QED) is 0.708. The van der Waals surface area contributed by atoms with Crippen molar-refractivity contribution in [3.05, 3.63) is 64.8 Å². The molecule has 2 N–H and O–H groups in total. The summed E-state index contributed by atoms with van der Waals surface area (Å²) in [5.74, 6) is -1.04. The summed E-state index contributed by atoms with van der Waals surface area (Å²) in [5.41, 5.74) is 5.04. The Hall–Kier alpha value is -3.32. The lowest BCUT2D eigenvalue weighted by Gasteiger charge is -2.33. The van der Waals surface area contributed by atoms with Gasteiger partial charge >= 0.3 is 6.03 Å². The van der Waals surface area contributed by atoms with Gasteiger partial charge in [-0.2, -0.15) is 5.01 Å². The standard InChI is InChI=1S/C20H17ClN4O3/c1-12-3-2-4-15(9-12)24-8-7-18(26)25(20(24)28)23-19(27)17-11-13-10-14(21)5-6-16(13)22-17/h2-6,9-11,22H,7-8H2,1H3,(H,23,27). The molecule has 0 spiro atoms. The van der Waals surface area contributed by atoms with Crippen LogP contribution in [0, 0.1) is 6.92 Å². The highest BCUT2D eigenvalue weighted by Crippen LogP contribution is 2.22. The molecule has 0 atom stereocenters. The van der Waals surface area contributed by atoms with Crippen molar-refractivity contribution in [1.29, 1.82) is 0 Å². The first kappa shape index (κ1) is 18.1. The van der Waals surface area contributed by atoms with Crippen molar-refractivity contribution >= 4 is 46.0 Å². The predicted octanol–water partition coefficient (Wildman–Crippen LogP) is 3.63. The molecule has 1 aromatic heterocycles. The number of nitrogens with zero attached hydrogens (tertiary/aromatic N) is 2. The van der Waals surface area contributed by atoms with Gasteiger partial charge in [-0.1, -0.05) is 23.7 Å². The maximum atomic E-state index is 12.8. The fraction of sp³-hybridized carbons (Fsp3) is 0.150. The lowest BCUT2D eigenvalue weighted by molar-refractivity contribution is -0.130. The molecular formula is C20H17ClN4O3. The number of hydrogen-bond donors (Lipinski definition) is 2. The van der Waals surface area contributed by atoms with Crippen LogP contribution in [0.25, 0.3) is 10.9 Å². The molecule has 0 bridgehead atoms. The van der Waals surface area contributed by atoms with Crippen molar-refractivity contribution in [3.63, 3.8) is 0 Å². The Bertz CT molecular complexity index is 1110. The van der Waals surface area contributed by atoms with Gasteiger partial charge in [0.15, 0.2) is 0 Å². The van der Waals surface area contributed by atoms with Crippen LogP contribution in [0.4, 0.5) is 10.5 Å². The van der Waals surface area contributed by atoms with Gasteiger partial charge in [-0.05, 0) is 48.9 Å². The minimum Gasteiger partial charge on any atom is -0.350 e. The van der Waals surface area contributed by atoms with E-state index >= 15 is 0 Å². The number of rotatable bonds is 3. The van der Waals surface area contributed by atoms with Gasteiger partial charge in [0, 0.05) is 34.6 Å². The van der Waals surface area contributed by atoms with E-state index in [2.05, 4.69) is 10.4 Å². The number of hydrazine groups is 1. The third-order valence-corrected chi connectivity index (χ3v) is 4.81. The van der Waals surface area contributed by atoms with E-state index < -0.39 is 17.8 Å². The van der Waals surface area contributed by atoms with Gasteiger partial charge in [-0.3, -0.25) is 19.9 Å². The minimum absolute atomic E-state index is 0.113. The summed E-state index contributed by atoms with van der Waals surface area (Å²) in [7, 11) is 0. The number of hydrogen-bond acceptors (Lipinski definition) is 3. The Morgan fingerprint density at radius 3 is 2.75 bits per heavy atom. The van der Waals surface area contributed by atoms with E-state index in [4.69, 9.17) is 11.6 Å². The number of halogens is 1. The van der Waals surface area contributed by atoms with E-state index in [0.717, 1.165) is 21.5 Å². The molecule has 4 amide bonds. The second-order valence-electron chi connectivity index (χ2n) is 6.61. The van der Waals surface area contributed by atoms with Gasteiger partial charge in [0.2, 0.25) is 0 Å². The fourth-order valence-corrected chi connectivity index (χ4v) is 3.36. The molecule has 7 nitrogen and oxygen atoms in total. The highest BCUT2D eigenvalue weighted by Gasteiger charge is 2.34. The lowest BCUT2D eigenvalue weighted by Crippen LogP contribution is -2.59. The summed E-state index contributed by atoms with van der Waals surface area (Å²) in [6.45, 7) is 2.18. The molecule has 1 saturated heterocycles. The Morgan fingerprint density at radius 1 is 1.14 bits per heavy atom. The number of nitrogens with one attached hydrogen (secondary N) is 2. The average Bonchev–Trinajstić information content (AvgIpc) is 3.08. The molecule has 0 saturated carbocycles. The highest BCUT2D eigenvalue weighted by molar-refractivity contribution is 6.31. The summed E-state index contributed by atoms with van der Waals surface area (Å²) in [4.78, 5) is 42.1. The van der Waals surface area contributed by atoms with Crippen LogP contribution in [0.5, 0.6) is 0 Å².